The third-order valence-corrected chi connectivity index (χ3v) is 5.86. The van der Waals surface area contributed by atoms with Crippen LogP contribution in [0.1, 0.15) is 49.4 Å². The number of benzene rings is 1. The fourth-order valence-corrected chi connectivity index (χ4v) is 3.74. The van der Waals surface area contributed by atoms with E-state index in [0.717, 1.165) is 32.6 Å². The van der Waals surface area contributed by atoms with Crippen molar-refractivity contribution in [3.63, 3.8) is 0 Å². The molecule has 2 fully saturated rings. The van der Waals surface area contributed by atoms with Crippen molar-refractivity contribution >= 4 is 11.7 Å². The summed E-state index contributed by atoms with van der Waals surface area (Å²) in [6.45, 7) is 5.86. The number of nitrogens with zero attached hydrogens (tertiary/aromatic N) is 2. The molecule has 1 aliphatic heterocycles. The third kappa shape index (κ3) is 4.61. The number of Topliss-reactive ketones (excluding diaryl/α,β-unsaturated/α-hetero) is 1. The van der Waals surface area contributed by atoms with Crippen LogP contribution in [0.3, 0.4) is 0 Å². The molecule has 1 amide bonds. The highest BCUT2D eigenvalue weighted by Crippen LogP contribution is 2.41. The van der Waals surface area contributed by atoms with Gasteiger partial charge in [-0.3, -0.25) is 14.5 Å². The molecule has 3 rings (SSSR count). The molecular weight excluding hydrogens is 344 g/mol. The van der Waals surface area contributed by atoms with Crippen LogP contribution in [0, 0.1) is 0 Å². The highest BCUT2D eigenvalue weighted by atomic mass is 16.5. The van der Waals surface area contributed by atoms with Gasteiger partial charge in [-0.2, -0.15) is 0 Å². The molecule has 1 aromatic carbocycles. The summed E-state index contributed by atoms with van der Waals surface area (Å²) in [4.78, 5) is 29.5. The number of rotatable bonds is 7. The monoisotopic (exact) mass is 374 g/mol. The van der Waals surface area contributed by atoms with Crippen LogP contribution in [0.4, 0.5) is 0 Å². The van der Waals surface area contributed by atoms with Crippen molar-refractivity contribution in [3.05, 3.63) is 23.8 Å². The molecule has 0 aromatic heterocycles. The number of hydrogen-bond acceptors (Lipinski definition) is 5. The summed E-state index contributed by atoms with van der Waals surface area (Å²) in [7, 11) is 3.10. The van der Waals surface area contributed by atoms with Gasteiger partial charge in [0.15, 0.2) is 17.3 Å². The van der Waals surface area contributed by atoms with Crippen LogP contribution in [0.5, 0.6) is 11.5 Å². The second-order valence-corrected chi connectivity index (χ2v) is 7.71. The molecule has 1 heterocycles. The van der Waals surface area contributed by atoms with Crippen molar-refractivity contribution in [2.45, 2.75) is 44.6 Å². The Morgan fingerprint density at radius 3 is 2.41 bits per heavy atom. The standard InChI is InChI=1S/C21H30N2O4/c1-21(9-10-21)23-12-4-11-22(13-14-23)20(25)8-6-17(24)16-5-7-18(26-2)19(15-16)27-3/h5,7,15H,4,6,8-14H2,1-3H3. The lowest BCUT2D eigenvalue weighted by molar-refractivity contribution is -0.131. The molecule has 27 heavy (non-hydrogen) atoms. The van der Waals surface area contributed by atoms with Crippen LogP contribution < -0.4 is 9.47 Å². The third-order valence-electron chi connectivity index (χ3n) is 5.86. The first-order valence-electron chi connectivity index (χ1n) is 9.75. The zero-order valence-corrected chi connectivity index (χ0v) is 16.6. The van der Waals surface area contributed by atoms with Crippen LogP contribution in [-0.2, 0) is 4.79 Å². The van der Waals surface area contributed by atoms with E-state index in [4.69, 9.17) is 9.47 Å². The SMILES string of the molecule is COc1ccc(C(=O)CCC(=O)N2CCCN(C3(C)CC3)CC2)cc1OC. The fraction of sp³-hybridized carbons (Fsp3) is 0.619. The number of amides is 1. The maximum absolute atomic E-state index is 12.6. The van der Waals surface area contributed by atoms with Gasteiger partial charge in [-0.15, -0.1) is 0 Å². The van der Waals surface area contributed by atoms with E-state index < -0.39 is 0 Å². The van der Waals surface area contributed by atoms with Gasteiger partial charge in [0, 0.05) is 50.1 Å². The van der Waals surface area contributed by atoms with Gasteiger partial charge in [0.1, 0.15) is 0 Å². The molecule has 6 nitrogen and oxygen atoms in total. The van der Waals surface area contributed by atoms with Crippen LogP contribution in [0.2, 0.25) is 0 Å². The van der Waals surface area contributed by atoms with Crippen molar-refractivity contribution in [1.82, 2.24) is 9.80 Å². The summed E-state index contributed by atoms with van der Waals surface area (Å²) in [5, 5.41) is 0. The number of ether oxygens (including phenoxy) is 2. The Hall–Kier alpha value is -2.08. The van der Waals surface area contributed by atoms with Gasteiger partial charge < -0.3 is 14.4 Å². The van der Waals surface area contributed by atoms with E-state index in [1.54, 1.807) is 32.4 Å². The number of carbonyl (C=O) groups excluding carboxylic acids is 2. The zero-order valence-electron chi connectivity index (χ0n) is 16.6. The largest absolute Gasteiger partial charge is 0.493 e. The molecule has 0 radical (unpaired) electrons. The second-order valence-electron chi connectivity index (χ2n) is 7.71. The lowest BCUT2D eigenvalue weighted by Gasteiger charge is -2.27. The van der Waals surface area contributed by atoms with E-state index in [1.807, 2.05) is 4.90 Å². The van der Waals surface area contributed by atoms with Crippen molar-refractivity contribution in [2.75, 3.05) is 40.4 Å². The summed E-state index contributed by atoms with van der Waals surface area (Å²) >= 11 is 0. The smallest absolute Gasteiger partial charge is 0.223 e. The quantitative estimate of drug-likeness (QED) is 0.687. The molecule has 6 heteroatoms. The number of methoxy groups -OCH3 is 2. The summed E-state index contributed by atoms with van der Waals surface area (Å²) in [6, 6.07) is 5.11. The summed E-state index contributed by atoms with van der Waals surface area (Å²) in [6.07, 6.45) is 4.00. The first kappa shape index (κ1) is 19.7. The maximum atomic E-state index is 12.6. The molecule has 0 N–H and O–H groups in total. The minimum atomic E-state index is -0.0498. The summed E-state index contributed by atoms with van der Waals surface area (Å²) < 4.78 is 10.4. The van der Waals surface area contributed by atoms with E-state index in [9.17, 15) is 9.59 Å². The molecule has 0 bridgehead atoms. The molecular formula is C21H30N2O4. The predicted octanol–water partition coefficient (Wildman–Crippen LogP) is 2.75. The van der Waals surface area contributed by atoms with Gasteiger partial charge in [0.2, 0.25) is 5.91 Å². The van der Waals surface area contributed by atoms with Crippen LogP contribution in [0.25, 0.3) is 0 Å². The Morgan fingerprint density at radius 1 is 1.00 bits per heavy atom. The molecule has 1 saturated heterocycles. The molecule has 0 spiro atoms. The van der Waals surface area contributed by atoms with E-state index in [0.29, 0.717) is 22.6 Å². The molecule has 0 atom stereocenters. The lowest BCUT2D eigenvalue weighted by atomic mass is 10.1. The van der Waals surface area contributed by atoms with Gasteiger partial charge in [-0.05, 0) is 44.4 Å². The highest BCUT2D eigenvalue weighted by molar-refractivity contribution is 5.98. The number of carbonyl (C=O) groups is 2. The van der Waals surface area contributed by atoms with Crippen LogP contribution in [0.15, 0.2) is 18.2 Å². The maximum Gasteiger partial charge on any atom is 0.223 e. The van der Waals surface area contributed by atoms with Crippen molar-refractivity contribution in [3.8, 4) is 11.5 Å². The van der Waals surface area contributed by atoms with Crippen molar-refractivity contribution < 1.29 is 19.1 Å². The van der Waals surface area contributed by atoms with E-state index in [1.165, 1.54) is 12.8 Å². The van der Waals surface area contributed by atoms with Gasteiger partial charge in [-0.1, -0.05) is 0 Å². The summed E-state index contributed by atoms with van der Waals surface area (Å²) in [5.41, 5.74) is 0.909. The topological polar surface area (TPSA) is 59.1 Å². The first-order chi connectivity index (χ1) is 13.0. The molecule has 148 valence electrons. The Morgan fingerprint density at radius 2 is 1.74 bits per heavy atom. The first-order valence-corrected chi connectivity index (χ1v) is 9.75. The van der Waals surface area contributed by atoms with Crippen molar-refractivity contribution in [1.29, 1.82) is 0 Å². The van der Waals surface area contributed by atoms with Gasteiger partial charge in [-0.25, -0.2) is 0 Å². The van der Waals surface area contributed by atoms with E-state index in [-0.39, 0.29) is 24.5 Å². The Balaban J connectivity index is 1.52. The molecule has 1 aromatic rings. The van der Waals surface area contributed by atoms with Crippen molar-refractivity contribution in [2.24, 2.45) is 0 Å². The lowest BCUT2D eigenvalue weighted by Crippen LogP contribution is -2.39. The van der Waals surface area contributed by atoms with Crippen LogP contribution in [-0.4, -0.2) is 67.4 Å². The number of ketones is 1. The molecule has 0 unspecified atom stereocenters. The minimum Gasteiger partial charge on any atom is -0.493 e. The average molecular weight is 374 g/mol. The van der Waals surface area contributed by atoms with E-state index >= 15 is 0 Å². The molecule has 2 aliphatic rings. The minimum absolute atomic E-state index is 0.0498. The Kier molecular flexibility index (Phi) is 6.05. The number of hydrogen-bond donors (Lipinski definition) is 0. The molecule has 1 saturated carbocycles. The van der Waals surface area contributed by atoms with Gasteiger partial charge in [0.05, 0.1) is 14.2 Å². The zero-order chi connectivity index (χ0) is 19.4. The van der Waals surface area contributed by atoms with Crippen LogP contribution >= 0.6 is 0 Å². The predicted molar refractivity (Wildman–Crippen MR) is 104 cm³/mol. The highest BCUT2D eigenvalue weighted by Gasteiger charge is 2.43. The van der Waals surface area contributed by atoms with E-state index in [2.05, 4.69) is 11.8 Å². The van der Waals surface area contributed by atoms with Gasteiger partial charge in [0.25, 0.3) is 0 Å². The normalized spacial score (nSPS) is 19.3. The second kappa shape index (κ2) is 8.30. The molecule has 1 aliphatic carbocycles. The Bertz CT molecular complexity index is 699. The summed E-state index contributed by atoms with van der Waals surface area (Å²) in [5.74, 6) is 1.14. The average Bonchev–Trinajstić information content (AvgIpc) is 3.47. The Labute approximate surface area is 161 Å². The van der Waals surface area contributed by atoms with Gasteiger partial charge >= 0.3 is 0 Å². The fourth-order valence-electron chi connectivity index (χ4n) is 3.74.